The summed E-state index contributed by atoms with van der Waals surface area (Å²) in [5.41, 5.74) is 1.27. The summed E-state index contributed by atoms with van der Waals surface area (Å²) < 4.78 is 28.7. The second-order valence-corrected chi connectivity index (χ2v) is 8.24. The monoisotopic (exact) mass is 413 g/mol. The smallest absolute Gasteiger partial charge is 0.246 e. The van der Waals surface area contributed by atoms with Crippen LogP contribution in [0, 0.1) is 5.92 Å². The molecule has 10 heteroatoms. The first-order chi connectivity index (χ1) is 12.4. The zero-order valence-corrected chi connectivity index (χ0v) is 16.8. The summed E-state index contributed by atoms with van der Waals surface area (Å²) in [6, 6.07) is 5.60. The minimum Gasteiger partial charge on any atom is -0.324 e. The van der Waals surface area contributed by atoms with Crippen molar-refractivity contribution in [1.82, 2.24) is 19.8 Å². The molecule has 0 saturated heterocycles. The van der Waals surface area contributed by atoms with Crippen molar-refractivity contribution < 1.29 is 13.2 Å². The number of anilines is 1. The standard InChI is InChI=1S/C17H23N5O3S.ClH/c1-18-16(13-10-19-22(2)11-13)17(23)21-14-5-7-15(8-6-14)26(24,25)20-9-12-3-4-12;/h5-8,10-12,16,18,20H,3-4,9H2,1-2H3,(H,21,23);1H. The first kappa shape index (κ1) is 21.4. The lowest BCUT2D eigenvalue weighted by Crippen LogP contribution is -2.30. The van der Waals surface area contributed by atoms with Crippen molar-refractivity contribution in [3.05, 3.63) is 42.2 Å². The van der Waals surface area contributed by atoms with Crippen LogP contribution in [0.3, 0.4) is 0 Å². The molecule has 1 aliphatic rings. The van der Waals surface area contributed by atoms with Crippen molar-refractivity contribution >= 4 is 34.0 Å². The summed E-state index contributed by atoms with van der Waals surface area (Å²) in [5, 5.41) is 9.81. The van der Waals surface area contributed by atoms with Crippen molar-refractivity contribution in [2.45, 2.75) is 23.8 Å². The van der Waals surface area contributed by atoms with E-state index in [-0.39, 0.29) is 23.2 Å². The maximum atomic E-state index is 12.5. The van der Waals surface area contributed by atoms with E-state index in [2.05, 4.69) is 20.5 Å². The maximum Gasteiger partial charge on any atom is 0.246 e. The molecule has 0 radical (unpaired) electrons. The number of nitrogens with one attached hydrogen (secondary N) is 3. The number of aryl methyl sites for hydroxylation is 1. The highest BCUT2D eigenvalue weighted by Crippen LogP contribution is 2.28. The molecule has 1 amide bonds. The summed E-state index contributed by atoms with van der Waals surface area (Å²) in [7, 11) is -0.0327. The van der Waals surface area contributed by atoms with E-state index >= 15 is 0 Å². The van der Waals surface area contributed by atoms with E-state index in [0.29, 0.717) is 18.2 Å². The SMILES string of the molecule is CNC(C(=O)Nc1ccc(S(=O)(=O)NCC2CC2)cc1)c1cnn(C)c1.Cl. The lowest BCUT2D eigenvalue weighted by Gasteiger charge is -2.15. The molecule has 1 aromatic heterocycles. The third kappa shape index (κ3) is 5.52. The predicted molar refractivity (Wildman–Crippen MR) is 105 cm³/mol. The fourth-order valence-corrected chi connectivity index (χ4v) is 3.72. The molecule has 1 fully saturated rings. The van der Waals surface area contributed by atoms with Gasteiger partial charge in [-0.1, -0.05) is 0 Å². The van der Waals surface area contributed by atoms with Gasteiger partial charge in [-0.25, -0.2) is 13.1 Å². The van der Waals surface area contributed by atoms with E-state index in [4.69, 9.17) is 0 Å². The van der Waals surface area contributed by atoms with E-state index < -0.39 is 16.1 Å². The van der Waals surface area contributed by atoms with Gasteiger partial charge < -0.3 is 10.6 Å². The number of carbonyl (C=O) groups excluding carboxylic acids is 1. The molecule has 1 unspecified atom stereocenters. The molecular formula is C17H24ClN5O3S. The lowest BCUT2D eigenvalue weighted by molar-refractivity contribution is -0.118. The first-order valence-corrected chi connectivity index (χ1v) is 9.94. The van der Waals surface area contributed by atoms with Crippen LogP contribution in [-0.4, -0.2) is 37.7 Å². The van der Waals surface area contributed by atoms with Crippen molar-refractivity contribution in [3.8, 4) is 0 Å². The van der Waals surface area contributed by atoms with E-state index in [9.17, 15) is 13.2 Å². The number of hydrogen-bond donors (Lipinski definition) is 3. The lowest BCUT2D eigenvalue weighted by atomic mass is 10.1. The Morgan fingerprint density at radius 3 is 2.48 bits per heavy atom. The molecule has 0 bridgehead atoms. The first-order valence-electron chi connectivity index (χ1n) is 8.45. The Morgan fingerprint density at radius 2 is 1.96 bits per heavy atom. The number of aromatic nitrogens is 2. The summed E-state index contributed by atoms with van der Waals surface area (Å²) in [5.74, 6) is 0.220. The molecule has 1 saturated carbocycles. The zero-order valence-electron chi connectivity index (χ0n) is 15.2. The second-order valence-electron chi connectivity index (χ2n) is 6.48. The van der Waals surface area contributed by atoms with Gasteiger partial charge in [-0.3, -0.25) is 9.48 Å². The normalized spacial score (nSPS) is 15.0. The summed E-state index contributed by atoms with van der Waals surface area (Å²) >= 11 is 0. The van der Waals surface area contributed by atoms with Gasteiger partial charge in [-0.2, -0.15) is 5.10 Å². The maximum absolute atomic E-state index is 12.5. The predicted octanol–water partition coefficient (Wildman–Crippen LogP) is 1.43. The van der Waals surface area contributed by atoms with Crippen LogP contribution < -0.4 is 15.4 Å². The Hall–Kier alpha value is -1.94. The van der Waals surface area contributed by atoms with Crippen molar-refractivity contribution in [1.29, 1.82) is 0 Å². The number of halogens is 1. The number of benzene rings is 1. The van der Waals surface area contributed by atoms with Crippen LogP contribution >= 0.6 is 12.4 Å². The average Bonchev–Trinajstić information content (AvgIpc) is 3.35. The molecule has 0 spiro atoms. The minimum atomic E-state index is -3.51. The second kappa shape index (κ2) is 8.83. The highest BCUT2D eigenvalue weighted by atomic mass is 35.5. The molecule has 3 rings (SSSR count). The quantitative estimate of drug-likeness (QED) is 0.607. The van der Waals surface area contributed by atoms with Crippen molar-refractivity contribution in [2.75, 3.05) is 18.9 Å². The summed E-state index contributed by atoms with van der Waals surface area (Å²) in [4.78, 5) is 12.7. The molecule has 1 heterocycles. The van der Waals surface area contributed by atoms with Gasteiger partial charge in [0.2, 0.25) is 15.9 Å². The van der Waals surface area contributed by atoms with E-state index in [0.717, 1.165) is 18.4 Å². The van der Waals surface area contributed by atoms with Crippen LogP contribution in [0.2, 0.25) is 0 Å². The molecule has 1 aliphatic carbocycles. The summed E-state index contributed by atoms with van der Waals surface area (Å²) in [6.07, 6.45) is 5.55. The third-order valence-electron chi connectivity index (χ3n) is 4.30. The van der Waals surface area contributed by atoms with Crippen LogP contribution in [-0.2, 0) is 21.9 Å². The molecule has 3 N–H and O–H groups in total. The van der Waals surface area contributed by atoms with Gasteiger partial charge in [-0.05, 0) is 50.1 Å². The van der Waals surface area contributed by atoms with Crippen LogP contribution in [0.4, 0.5) is 5.69 Å². The van der Waals surface area contributed by atoms with Crippen LogP contribution in [0.5, 0.6) is 0 Å². The van der Waals surface area contributed by atoms with Gasteiger partial charge >= 0.3 is 0 Å². The van der Waals surface area contributed by atoms with Gasteiger partial charge in [0.15, 0.2) is 0 Å². The Kier molecular flexibility index (Phi) is 6.99. The average molecular weight is 414 g/mol. The summed E-state index contributed by atoms with van der Waals surface area (Å²) in [6.45, 7) is 0.482. The Labute approximate surface area is 165 Å². The Morgan fingerprint density at radius 1 is 1.30 bits per heavy atom. The van der Waals surface area contributed by atoms with E-state index in [1.165, 1.54) is 12.1 Å². The number of hydrogen-bond acceptors (Lipinski definition) is 5. The molecular weight excluding hydrogens is 390 g/mol. The minimum absolute atomic E-state index is 0. The molecule has 1 atom stereocenters. The topological polar surface area (TPSA) is 105 Å². The molecule has 8 nitrogen and oxygen atoms in total. The fourth-order valence-electron chi connectivity index (χ4n) is 2.60. The number of amides is 1. The van der Waals surface area contributed by atoms with Gasteiger partial charge in [0, 0.05) is 31.0 Å². The Bertz CT molecular complexity index is 878. The molecule has 1 aromatic carbocycles. The number of nitrogens with zero attached hydrogens (tertiary/aromatic N) is 2. The number of likely N-dealkylation sites (N-methyl/N-ethyl adjacent to an activating group) is 1. The molecule has 27 heavy (non-hydrogen) atoms. The largest absolute Gasteiger partial charge is 0.324 e. The van der Waals surface area contributed by atoms with Crippen LogP contribution in [0.25, 0.3) is 0 Å². The van der Waals surface area contributed by atoms with Gasteiger partial charge in [0.25, 0.3) is 0 Å². The fraction of sp³-hybridized carbons (Fsp3) is 0.412. The molecule has 148 valence electrons. The third-order valence-corrected chi connectivity index (χ3v) is 5.74. The highest BCUT2D eigenvalue weighted by Gasteiger charge is 2.24. The highest BCUT2D eigenvalue weighted by molar-refractivity contribution is 7.89. The molecule has 2 aromatic rings. The zero-order chi connectivity index (χ0) is 18.7. The van der Waals surface area contributed by atoms with E-state index in [1.807, 2.05) is 0 Å². The van der Waals surface area contributed by atoms with Crippen molar-refractivity contribution in [3.63, 3.8) is 0 Å². The van der Waals surface area contributed by atoms with Crippen molar-refractivity contribution in [2.24, 2.45) is 13.0 Å². The number of sulfonamides is 1. The van der Waals surface area contributed by atoms with E-state index in [1.54, 1.807) is 43.3 Å². The molecule has 0 aliphatic heterocycles. The van der Waals surface area contributed by atoms with Crippen LogP contribution in [0.15, 0.2) is 41.6 Å². The number of rotatable bonds is 8. The van der Waals surface area contributed by atoms with Gasteiger partial charge in [-0.15, -0.1) is 12.4 Å². The van der Waals surface area contributed by atoms with Crippen LogP contribution in [0.1, 0.15) is 24.4 Å². The number of carbonyl (C=O) groups is 1. The van der Waals surface area contributed by atoms with Gasteiger partial charge in [0.05, 0.1) is 11.1 Å². The van der Waals surface area contributed by atoms with Gasteiger partial charge in [0.1, 0.15) is 6.04 Å². The Balaban J connectivity index is 0.00000261.